The minimum absolute atomic E-state index is 0.00716. The Morgan fingerprint density at radius 3 is 2.91 bits per heavy atom. The number of allylic oxidation sites excluding steroid dienone is 4. The van der Waals surface area contributed by atoms with E-state index in [1.807, 2.05) is 0 Å². The molecule has 4 aliphatic rings. The molecule has 2 N–H and O–H groups in total. The van der Waals surface area contributed by atoms with E-state index in [1.165, 1.54) is 32.1 Å². The summed E-state index contributed by atoms with van der Waals surface area (Å²) in [5.41, 5.74) is 5.08. The molecule has 0 aromatic heterocycles. The van der Waals surface area contributed by atoms with Crippen LogP contribution in [0, 0.1) is 29.1 Å². The largest absolute Gasteiger partial charge is 0.393 e. The Morgan fingerprint density at radius 1 is 1.13 bits per heavy atom. The molecule has 4 atom stereocenters. The highest BCUT2D eigenvalue weighted by molar-refractivity contribution is 5.43. The third-order valence-electron chi connectivity index (χ3n) is 7.09. The van der Waals surface area contributed by atoms with E-state index in [0.29, 0.717) is 11.8 Å². The standard InChI is InChI=1S/C21H28O2/c22-14-4-3-12-21-13-11-17-16-6-2-1-5-15(16)7-8-18(17)19(21)9-10-20(21)23/h5,18-20,22-23H,1-2,6-14H2/t18-,19+,20+,21+/m1/s1. The zero-order chi connectivity index (χ0) is 15.9. The van der Waals surface area contributed by atoms with Crippen molar-refractivity contribution in [3.05, 3.63) is 22.8 Å². The first-order valence-corrected chi connectivity index (χ1v) is 9.42. The van der Waals surface area contributed by atoms with Crippen molar-refractivity contribution in [2.24, 2.45) is 17.3 Å². The smallest absolute Gasteiger partial charge is 0.104 e. The van der Waals surface area contributed by atoms with Crippen LogP contribution in [-0.2, 0) is 0 Å². The molecule has 0 aliphatic heterocycles. The topological polar surface area (TPSA) is 40.5 Å². The number of hydrogen-bond donors (Lipinski definition) is 2. The molecule has 124 valence electrons. The molecule has 2 nitrogen and oxygen atoms in total. The maximum Gasteiger partial charge on any atom is 0.104 e. The maximum absolute atomic E-state index is 10.7. The molecule has 0 aromatic rings. The van der Waals surface area contributed by atoms with Crippen LogP contribution in [0.2, 0.25) is 0 Å². The van der Waals surface area contributed by atoms with Gasteiger partial charge < -0.3 is 10.2 Å². The number of hydrogen-bond acceptors (Lipinski definition) is 2. The van der Waals surface area contributed by atoms with Crippen molar-refractivity contribution in [1.29, 1.82) is 0 Å². The first-order valence-electron chi connectivity index (χ1n) is 9.42. The quantitative estimate of drug-likeness (QED) is 0.724. The lowest BCUT2D eigenvalue weighted by Crippen LogP contribution is -2.43. The maximum atomic E-state index is 10.7. The molecule has 0 radical (unpaired) electrons. The summed E-state index contributed by atoms with van der Waals surface area (Å²) in [6.07, 6.45) is 13.8. The van der Waals surface area contributed by atoms with Gasteiger partial charge in [-0.1, -0.05) is 17.6 Å². The Hall–Kier alpha value is -1.04. The lowest BCUT2D eigenvalue weighted by molar-refractivity contribution is -0.00818. The lowest BCUT2D eigenvalue weighted by atomic mass is 9.56. The summed E-state index contributed by atoms with van der Waals surface area (Å²) in [5.74, 6) is 7.26. The number of aliphatic hydroxyl groups excluding tert-OH is 2. The molecule has 0 amide bonds. The Kier molecular flexibility index (Phi) is 4.12. The second kappa shape index (κ2) is 6.11. The van der Waals surface area contributed by atoms with Crippen LogP contribution in [0.25, 0.3) is 0 Å². The van der Waals surface area contributed by atoms with Crippen LogP contribution in [0.5, 0.6) is 0 Å². The Labute approximate surface area is 139 Å². The van der Waals surface area contributed by atoms with Crippen LogP contribution in [0.15, 0.2) is 22.8 Å². The second-order valence-corrected chi connectivity index (χ2v) is 7.89. The first kappa shape index (κ1) is 15.5. The van der Waals surface area contributed by atoms with Gasteiger partial charge in [0.05, 0.1) is 6.10 Å². The minimum atomic E-state index is -0.199. The van der Waals surface area contributed by atoms with Gasteiger partial charge in [0, 0.05) is 11.8 Å². The SMILES string of the molecule is OCC#CC[C@]12CCC3=C4CCCC=C4CC[C@H]3[C@@H]1CC[C@@H]2O. The average Bonchev–Trinajstić information content (AvgIpc) is 2.92. The molecule has 2 fully saturated rings. The summed E-state index contributed by atoms with van der Waals surface area (Å²) in [6.45, 7) is -0.0657. The molecule has 0 spiro atoms. The van der Waals surface area contributed by atoms with Gasteiger partial charge in [0.15, 0.2) is 0 Å². The Bertz CT molecular complexity index is 603. The summed E-state index contributed by atoms with van der Waals surface area (Å²) in [5, 5.41) is 19.7. The van der Waals surface area contributed by atoms with Crippen molar-refractivity contribution < 1.29 is 10.2 Å². The molecule has 0 unspecified atom stereocenters. The van der Waals surface area contributed by atoms with Gasteiger partial charge in [0.25, 0.3) is 0 Å². The van der Waals surface area contributed by atoms with Gasteiger partial charge in [-0.05, 0) is 80.8 Å². The van der Waals surface area contributed by atoms with Crippen LogP contribution in [0.3, 0.4) is 0 Å². The van der Waals surface area contributed by atoms with Crippen LogP contribution >= 0.6 is 0 Å². The molecule has 4 aliphatic carbocycles. The highest BCUT2D eigenvalue weighted by atomic mass is 16.3. The molecule has 0 aromatic carbocycles. The molecule has 0 heterocycles. The van der Waals surface area contributed by atoms with E-state index in [9.17, 15) is 5.11 Å². The summed E-state index contributed by atoms with van der Waals surface area (Å²) in [4.78, 5) is 0. The van der Waals surface area contributed by atoms with Crippen molar-refractivity contribution in [3.8, 4) is 11.8 Å². The zero-order valence-corrected chi connectivity index (χ0v) is 14.0. The van der Waals surface area contributed by atoms with Crippen molar-refractivity contribution in [1.82, 2.24) is 0 Å². The predicted octanol–water partition coefficient (Wildman–Crippen LogP) is 3.74. The van der Waals surface area contributed by atoms with Crippen molar-refractivity contribution >= 4 is 0 Å². The Balaban J connectivity index is 1.68. The predicted molar refractivity (Wildman–Crippen MR) is 91.6 cm³/mol. The second-order valence-electron chi connectivity index (χ2n) is 7.89. The summed E-state index contributed by atoms with van der Waals surface area (Å²) in [6, 6.07) is 0. The van der Waals surface area contributed by atoms with Crippen molar-refractivity contribution in [2.75, 3.05) is 6.61 Å². The van der Waals surface area contributed by atoms with Gasteiger partial charge in [-0.25, -0.2) is 0 Å². The van der Waals surface area contributed by atoms with Crippen molar-refractivity contribution in [3.63, 3.8) is 0 Å². The van der Waals surface area contributed by atoms with E-state index in [2.05, 4.69) is 17.9 Å². The van der Waals surface area contributed by atoms with Crippen LogP contribution in [0.1, 0.15) is 64.2 Å². The van der Waals surface area contributed by atoms with Crippen molar-refractivity contribution in [2.45, 2.75) is 70.3 Å². The third kappa shape index (κ3) is 2.41. The minimum Gasteiger partial charge on any atom is -0.393 e. The third-order valence-corrected chi connectivity index (χ3v) is 7.09. The fourth-order valence-corrected chi connectivity index (χ4v) is 6.05. The van der Waals surface area contributed by atoms with Crippen LogP contribution in [-0.4, -0.2) is 22.9 Å². The lowest BCUT2D eigenvalue weighted by Gasteiger charge is -2.49. The fourth-order valence-electron chi connectivity index (χ4n) is 6.05. The number of fused-ring (bicyclic) bond motifs is 4. The first-order chi connectivity index (χ1) is 11.3. The van der Waals surface area contributed by atoms with E-state index in [4.69, 9.17) is 5.11 Å². The molecule has 0 bridgehead atoms. The fraction of sp³-hybridized carbons (Fsp3) is 0.714. The van der Waals surface area contributed by atoms with Gasteiger partial charge in [0.1, 0.15) is 6.61 Å². The summed E-state index contributed by atoms with van der Waals surface area (Å²) >= 11 is 0. The number of rotatable bonds is 1. The summed E-state index contributed by atoms with van der Waals surface area (Å²) in [7, 11) is 0. The van der Waals surface area contributed by atoms with Gasteiger partial charge in [-0.15, -0.1) is 5.92 Å². The van der Waals surface area contributed by atoms with Gasteiger partial charge in [-0.2, -0.15) is 0 Å². The molecular formula is C21H28O2. The number of aliphatic hydroxyl groups is 2. The van der Waals surface area contributed by atoms with E-state index in [1.54, 1.807) is 16.7 Å². The molecule has 23 heavy (non-hydrogen) atoms. The van der Waals surface area contributed by atoms with E-state index in [-0.39, 0.29) is 18.1 Å². The molecule has 0 saturated heterocycles. The van der Waals surface area contributed by atoms with Crippen LogP contribution < -0.4 is 0 Å². The molecule has 4 rings (SSSR count). The van der Waals surface area contributed by atoms with E-state index in [0.717, 1.165) is 32.1 Å². The molecular weight excluding hydrogens is 284 g/mol. The Morgan fingerprint density at radius 2 is 2.04 bits per heavy atom. The van der Waals surface area contributed by atoms with Gasteiger partial charge in [0.2, 0.25) is 0 Å². The highest BCUT2D eigenvalue weighted by Crippen LogP contribution is 2.61. The monoisotopic (exact) mass is 312 g/mol. The highest BCUT2D eigenvalue weighted by Gasteiger charge is 2.55. The average molecular weight is 312 g/mol. The van der Waals surface area contributed by atoms with Gasteiger partial charge in [-0.3, -0.25) is 0 Å². The molecule has 2 heteroatoms. The zero-order valence-electron chi connectivity index (χ0n) is 14.0. The van der Waals surface area contributed by atoms with E-state index >= 15 is 0 Å². The van der Waals surface area contributed by atoms with Crippen LogP contribution in [0.4, 0.5) is 0 Å². The van der Waals surface area contributed by atoms with E-state index < -0.39 is 0 Å². The summed E-state index contributed by atoms with van der Waals surface area (Å²) < 4.78 is 0. The molecule has 2 saturated carbocycles. The van der Waals surface area contributed by atoms with Gasteiger partial charge >= 0.3 is 0 Å². The normalized spacial score (nSPS) is 38.9.